The Morgan fingerprint density at radius 1 is 1.17 bits per heavy atom. The van der Waals surface area contributed by atoms with Crippen molar-refractivity contribution in [1.82, 2.24) is 20.1 Å². The number of nitrogens with zero attached hydrogens (tertiary/aromatic N) is 4. The minimum atomic E-state index is 0.499. The highest BCUT2D eigenvalue weighted by atomic mass is 15.1. The van der Waals surface area contributed by atoms with Crippen LogP contribution in [0.15, 0.2) is 24.4 Å². The number of nitrogens with two attached hydrogens (primary N) is 1. The third-order valence-electron chi connectivity index (χ3n) is 4.40. The quantitative estimate of drug-likeness (QED) is 0.939. The number of anilines is 1. The zero-order chi connectivity index (χ0) is 16.2. The molecule has 2 aromatic heterocycles. The molecule has 3 heterocycles. The largest absolute Gasteiger partial charge is 0.382 e. The molecule has 23 heavy (non-hydrogen) atoms. The number of piperidine rings is 1. The van der Waals surface area contributed by atoms with E-state index < -0.39 is 0 Å². The summed E-state index contributed by atoms with van der Waals surface area (Å²) in [5, 5.41) is 7.77. The van der Waals surface area contributed by atoms with Crippen molar-refractivity contribution >= 4 is 5.82 Å². The molecule has 2 N–H and O–H groups in total. The van der Waals surface area contributed by atoms with Crippen molar-refractivity contribution in [2.24, 2.45) is 5.92 Å². The third-order valence-corrected chi connectivity index (χ3v) is 4.40. The van der Waals surface area contributed by atoms with Gasteiger partial charge in [-0.05, 0) is 74.9 Å². The molecule has 5 heteroatoms. The third kappa shape index (κ3) is 4.48. The first-order chi connectivity index (χ1) is 11.1. The molecule has 1 aliphatic heterocycles. The van der Waals surface area contributed by atoms with E-state index in [9.17, 15) is 0 Å². The molecule has 1 unspecified atom stereocenters. The van der Waals surface area contributed by atoms with Crippen LogP contribution in [-0.4, -0.2) is 33.2 Å². The molecule has 1 aliphatic rings. The van der Waals surface area contributed by atoms with E-state index in [-0.39, 0.29) is 0 Å². The second kappa shape index (κ2) is 7.04. The summed E-state index contributed by atoms with van der Waals surface area (Å²) in [4.78, 5) is 6.98. The summed E-state index contributed by atoms with van der Waals surface area (Å²) < 4.78 is 0. The number of hydrogen-bond acceptors (Lipinski definition) is 5. The SMILES string of the molecule is Cc1cc(CC2CCCN(Cc3cnnc(N)c3)C2)cc(C)n1. The van der Waals surface area contributed by atoms with Gasteiger partial charge in [0.1, 0.15) is 5.82 Å². The van der Waals surface area contributed by atoms with Crippen LogP contribution in [0.25, 0.3) is 0 Å². The topological polar surface area (TPSA) is 67.9 Å². The van der Waals surface area contributed by atoms with E-state index in [4.69, 9.17) is 5.73 Å². The van der Waals surface area contributed by atoms with Gasteiger partial charge in [-0.25, -0.2) is 0 Å². The van der Waals surface area contributed by atoms with Crippen molar-refractivity contribution in [3.63, 3.8) is 0 Å². The first-order valence-corrected chi connectivity index (χ1v) is 8.32. The molecule has 0 aromatic carbocycles. The van der Waals surface area contributed by atoms with E-state index in [2.05, 4.69) is 46.1 Å². The predicted octanol–water partition coefficient (Wildman–Crippen LogP) is 2.53. The van der Waals surface area contributed by atoms with Gasteiger partial charge in [-0.1, -0.05) is 0 Å². The summed E-state index contributed by atoms with van der Waals surface area (Å²) >= 11 is 0. The molecule has 0 spiro atoms. The fraction of sp³-hybridized carbons (Fsp3) is 0.500. The molecule has 1 atom stereocenters. The van der Waals surface area contributed by atoms with Crippen LogP contribution in [0.2, 0.25) is 0 Å². The van der Waals surface area contributed by atoms with Crippen molar-refractivity contribution in [1.29, 1.82) is 0 Å². The van der Waals surface area contributed by atoms with E-state index >= 15 is 0 Å². The number of pyridine rings is 1. The highest BCUT2D eigenvalue weighted by molar-refractivity contribution is 5.29. The number of nitrogen functional groups attached to an aromatic ring is 1. The summed E-state index contributed by atoms with van der Waals surface area (Å²) in [5.41, 5.74) is 10.5. The van der Waals surface area contributed by atoms with Crippen LogP contribution in [0.5, 0.6) is 0 Å². The van der Waals surface area contributed by atoms with Gasteiger partial charge in [-0.3, -0.25) is 9.88 Å². The number of aryl methyl sites for hydroxylation is 2. The van der Waals surface area contributed by atoms with Crippen molar-refractivity contribution in [3.8, 4) is 0 Å². The van der Waals surface area contributed by atoms with Gasteiger partial charge in [0.2, 0.25) is 0 Å². The molecular weight excluding hydrogens is 286 g/mol. The summed E-state index contributed by atoms with van der Waals surface area (Å²) in [6.45, 7) is 7.33. The highest BCUT2D eigenvalue weighted by Gasteiger charge is 2.20. The molecule has 0 bridgehead atoms. The second-order valence-electron chi connectivity index (χ2n) is 6.69. The standard InChI is InChI=1S/C18H25N5/c1-13-6-16(7-14(2)21-13)8-15-4-3-5-23(11-15)12-17-9-18(19)22-20-10-17/h6-7,9-10,15H,3-5,8,11-12H2,1-2H3,(H2,19,22). The van der Waals surface area contributed by atoms with E-state index in [1.165, 1.54) is 18.4 Å². The first-order valence-electron chi connectivity index (χ1n) is 8.32. The zero-order valence-corrected chi connectivity index (χ0v) is 14.0. The maximum atomic E-state index is 5.72. The number of hydrogen-bond donors (Lipinski definition) is 1. The monoisotopic (exact) mass is 311 g/mol. The normalized spacial score (nSPS) is 19.0. The molecule has 0 aliphatic carbocycles. The van der Waals surface area contributed by atoms with Gasteiger partial charge in [0.15, 0.2) is 0 Å². The van der Waals surface area contributed by atoms with E-state index in [1.54, 1.807) is 0 Å². The van der Waals surface area contributed by atoms with E-state index in [1.807, 2.05) is 12.3 Å². The van der Waals surface area contributed by atoms with Crippen LogP contribution < -0.4 is 5.73 Å². The maximum Gasteiger partial charge on any atom is 0.146 e. The van der Waals surface area contributed by atoms with Gasteiger partial charge in [0.25, 0.3) is 0 Å². The van der Waals surface area contributed by atoms with Gasteiger partial charge in [0, 0.05) is 24.5 Å². The lowest BCUT2D eigenvalue weighted by Crippen LogP contribution is -2.35. The Kier molecular flexibility index (Phi) is 4.86. The molecule has 5 nitrogen and oxygen atoms in total. The smallest absolute Gasteiger partial charge is 0.146 e. The van der Waals surface area contributed by atoms with Gasteiger partial charge < -0.3 is 5.73 Å². The fourth-order valence-electron chi connectivity index (χ4n) is 3.60. The molecule has 0 amide bonds. The minimum Gasteiger partial charge on any atom is -0.382 e. The number of likely N-dealkylation sites (tertiary alicyclic amines) is 1. The van der Waals surface area contributed by atoms with Crippen LogP contribution in [0.4, 0.5) is 5.82 Å². The van der Waals surface area contributed by atoms with Gasteiger partial charge in [0.05, 0.1) is 6.20 Å². The van der Waals surface area contributed by atoms with Crippen LogP contribution >= 0.6 is 0 Å². The Labute approximate surface area is 137 Å². The van der Waals surface area contributed by atoms with E-state index in [0.29, 0.717) is 11.7 Å². The zero-order valence-electron chi connectivity index (χ0n) is 14.0. The average Bonchev–Trinajstić information content (AvgIpc) is 2.46. The Balaban J connectivity index is 1.61. The minimum absolute atomic E-state index is 0.499. The first kappa shape index (κ1) is 15.9. The summed E-state index contributed by atoms with van der Waals surface area (Å²) in [7, 11) is 0. The summed E-state index contributed by atoms with van der Waals surface area (Å²) in [5.74, 6) is 1.20. The lowest BCUT2D eigenvalue weighted by atomic mass is 9.91. The van der Waals surface area contributed by atoms with Crippen molar-refractivity contribution in [3.05, 3.63) is 46.9 Å². The Morgan fingerprint density at radius 3 is 2.70 bits per heavy atom. The van der Waals surface area contributed by atoms with Crippen molar-refractivity contribution < 1.29 is 0 Å². The lowest BCUT2D eigenvalue weighted by Gasteiger charge is -2.32. The molecule has 3 rings (SSSR count). The number of aromatic nitrogens is 3. The van der Waals surface area contributed by atoms with Crippen molar-refractivity contribution in [2.45, 2.75) is 39.7 Å². The summed E-state index contributed by atoms with van der Waals surface area (Å²) in [6.07, 6.45) is 5.50. The summed E-state index contributed by atoms with van der Waals surface area (Å²) in [6, 6.07) is 6.37. The Hall–Kier alpha value is -2.01. The Bertz CT molecular complexity index is 650. The Morgan fingerprint density at radius 2 is 1.96 bits per heavy atom. The molecular formula is C18H25N5. The van der Waals surface area contributed by atoms with Crippen LogP contribution in [0, 0.1) is 19.8 Å². The predicted molar refractivity (Wildman–Crippen MR) is 91.9 cm³/mol. The molecule has 0 saturated carbocycles. The fourth-order valence-corrected chi connectivity index (χ4v) is 3.60. The highest BCUT2D eigenvalue weighted by Crippen LogP contribution is 2.23. The van der Waals surface area contributed by atoms with Crippen LogP contribution in [-0.2, 0) is 13.0 Å². The van der Waals surface area contributed by atoms with Gasteiger partial charge >= 0.3 is 0 Å². The molecule has 1 saturated heterocycles. The molecule has 0 radical (unpaired) electrons. The van der Waals surface area contributed by atoms with Crippen LogP contribution in [0.1, 0.15) is 35.4 Å². The van der Waals surface area contributed by atoms with Crippen molar-refractivity contribution in [2.75, 3.05) is 18.8 Å². The lowest BCUT2D eigenvalue weighted by molar-refractivity contribution is 0.167. The number of rotatable bonds is 4. The second-order valence-corrected chi connectivity index (χ2v) is 6.69. The van der Waals surface area contributed by atoms with E-state index in [0.717, 1.165) is 43.0 Å². The molecule has 122 valence electrons. The molecule has 1 fully saturated rings. The van der Waals surface area contributed by atoms with Gasteiger partial charge in [-0.2, -0.15) is 5.10 Å². The molecule has 2 aromatic rings. The maximum absolute atomic E-state index is 5.72. The van der Waals surface area contributed by atoms with Gasteiger partial charge in [-0.15, -0.1) is 5.10 Å². The average molecular weight is 311 g/mol. The van der Waals surface area contributed by atoms with Crippen LogP contribution in [0.3, 0.4) is 0 Å².